The molecule has 1 atom stereocenters. The summed E-state index contributed by atoms with van der Waals surface area (Å²) in [5.74, 6) is -2.70. The number of benzene rings is 2. The molecule has 1 amide bonds. The molecular weight excluding hydrogens is 445 g/mol. The summed E-state index contributed by atoms with van der Waals surface area (Å²) < 4.78 is 20.6. The number of amides is 1. The molecule has 0 bridgehead atoms. The summed E-state index contributed by atoms with van der Waals surface area (Å²) in [6.45, 7) is -0.0517. The summed E-state index contributed by atoms with van der Waals surface area (Å²) in [6, 6.07) is 11.3. The number of Topliss-reactive ketones (excluding diaryl/α,β-unsaturated/α-hetero) is 1. The molecular formula is C21H19BrFNO5. The largest absolute Gasteiger partial charge is 0.507 e. The van der Waals surface area contributed by atoms with Gasteiger partial charge in [-0.25, -0.2) is 4.39 Å². The number of hydrogen-bond donors (Lipinski definition) is 2. The Morgan fingerprint density at radius 1 is 1.10 bits per heavy atom. The van der Waals surface area contributed by atoms with Crippen LogP contribution in [-0.4, -0.2) is 53.2 Å². The number of ketones is 1. The molecule has 152 valence electrons. The van der Waals surface area contributed by atoms with Gasteiger partial charge in [0.2, 0.25) is 0 Å². The third kappa shape index (κ3) is 4.39. The zero-order valence-corrected chi connectivity index (χ0v) is 16.9. The van der Waals surface area contributed by atoms with E-state index in [0.717, 1.165) is 4.47 Å². The molecule has 0 saturated carbocycles. The van der Waals surface area contributed by atoms with Gasteiger partial charge in [0.15, 0.2) is 0 Å². The second-order valence-corrected chi connectivity index (χ2v) is 7.27. The van der Waals surface area contributed by atoms with E-state index in [9.17, 15) is 19.1 Å². The highest BCUT2D eigenvalue weighted by Crippen LogP contribution is 2.40. The maximum atomic E-state index is 14.6. The number of halogens is 2. The Bertz CT molecular complexity index is 944. The minimum absolute atomic E-state index is 0.000687. The van der Waals surface area contributed by atoms with Crippen LogP contribution in [0.1, 0.15) is 17.2 Å². The third-order valence-corrected chi connectivity index (χ3v) is 5.10. The molecule has 0 radical (unpaired) electrons. The third-order valence-electron chi connectivity index (χ3n) is 4.57. The molecule has 2 aromatic rings. The smallest absolute Gasteiger partial charge is 0.295 e. The Morgan fingerprint density at radius 3 is 2.45 bits per heavy atom. The van der Waals surface area contributed by atoms with Crippen molar-refractivity contribution in [3.63, 3.8) is 0 Å². The van der Waals surface area contributed by atoms with Crippen LogP contribution in [0.15, 0.2) is 58.6 Å². The predicted octanol–water partition coefficient (Wildman–Crippen LogP) is 3.02. The molecule has 1 saturated heterocycles. The number of aliphatic hydroxyl groups excluding tert-OH is 2. The normalized spacial score (nSPS) is 18.4. The molecule has 1 heterocycles. The molecule has 0 spiro atoms. The van der Waals surface area contributed by atoms with E-state index in [1.807, 2.05) is 0 Å². The second-order valence-electron chi connectivity index (χ2n) is 6.36. The molecule has 1 fully saturated rings. The van der Waals surface area contributed by atoms with Crippen LogP contribution in [0, 0.1) is 5.82 Å². The number of carbonyl (C=O) groups is 2. The van der Waals surface area contributed by atoms with Gasteiger partial charge in [-0.15, -0.1) is 0 Å². The summed E-state index contributed by atoms with van der Waals surface area (Å²) >= 11 is 3.30. The highest BCUT2D eigenvalue weighted by Gasteiger charge is 2.46. The fourth-order valence-electron chi connectivity index (χ4n) is 3.22. The number of rotatable bonds is 7. The Balaban J connectivity index is 2.08. The molecule has 1 aliphatic rings. The molecule has 6 nitrogen and oxygen atoms in total. The maximum Gasteiger partial charge on any atom is 0.295 e. The summed E-state index contributed by atoms with van der Waals surface area (Å²) in [4.78, 5) is 26.6. The first-order valence-electron chi connectivity index (χ1n) is 8.93. The number of carbonyl (C=O) groups excluding carboxylic acids is 2. The first-order chi connectivity index (χ1) is 14.0. The lowest BCUT2D eigenvalue weighted by Gasteiger charge is -2.25. The lowest BCUT2D eigenvalue weighted by atomic mass is 9.95. The Hall–Kier alpha value is -2.55. The van der Waals surface area contributed by atoms with Crippen LogP contribution >= 0.6 is 15.9 Å². The van der Waals surface area contributed by atoms with E-state index in [1.165, 1.54) is 23.1 Å². The van der Waals surface area contributed by atoms with Crippen molar-refractivity contribution < 1.29 is 28.9 Å². The quantitative estimate of drug-likeness (QED) is 0.285. The van der Waals surface area contributed by atoms with Gasteiger partial charge in [-0.1, -0.05) is 46.3 Å². The number of hydrogen-bond acceptors (Lipinski definition) is 5. The number of likely N-dealkylation sites (tertiary alicyclic amines) is 1. The Morgan fingerprint density at radius 2 is 1.79 bits per heavy atom. The van der Waals surface area contributed by atoms with E-state index in [0.29, 0.717) is 5.56 Å². The standard InChI is InChI=1S/C21H19BrFNO5/c22-14-7-5-13(6-8-14)19(26)17-18(15-3-1-2-4-16(15)23)24(21(28)20(17)27)9-11-29-12-10-25/h1-8,18,25-26H,9-12H2/b19-17+. The fourth-order valence-corrected chi connectivity index (χ4v) is 3.49. The maximum absolute atomic E-state index is 14.6. The van der Waals surface area contributed by atoms with Gasteiger partial charge in [-0.3, -0.25) is 9.59 Å². The summed E-state index contributed by atoms with van der Waals surface area (Å²) in [5.41, 5.74) is 0.265. The lowest BCUT2D eigenvalue weighted by molar-refractivity contribution is -0.140. The van der Waals surface area contributed by atoms with Gasteiger partial charge < -0.3 is 19.8 Å². The summed E-state index contributed by atoms with van der Waals surface area (Å²) in [5, 5.41) is 19.7. The van der Waals surface area contributed by atoms with Gasteiger partial charge in [-0.2, -0.15) is 0 Å². The zero-order chi connectivity index (χ0) is 21.0. The fraction of sp³-hybridized carbons (Fsp3) is 0.238. The van der Waals surface area contributed by atoms with Crippen molar-refractivity contribution in [1.82, 2.24) is 4.90 Å². The van der Waals surface area contributed by atoms with Crippen molar-refractivity contribution in [2.75, 3.05) is 26.4 Å². The molecule has 0 aliphatic carbocycles. The molecule has 29 heavy (non-hydrogen) atoms. The average Bonchev–Trinajstić information content (AvgIpc) is 2.96. The van der Waals surface area contributed by atoms with Gasteiger partial charge in [0.1, 0.15) is 11.6 Å². The van der Waals surface area contributed by atoms with Crippen LogP contribution in [0.2, 0.25) is 0 Å². The van der Waals surface area contributed by atoms with Crippen molar-refractivity contribution >= 4 is 33.4 Å². The van der Waals surface area contributed by atoms with Gasteiger partial charge in [0.05, 0.1) is 31.4 Å². The van der Waals surface area contributed by atoms with Crippen LogP contribution < -0.4 is 0 Å². The monoisotopic (exact) mass is 463 g/mol. The van der Waals surface area contributed by atoms with Crippen molar-refractivity contribution in [3.05, 3.63) is 75.5 Å². The number of ether oxygens (including phenoxy) is 1. The molecule has 2 aromatic carbocycles. The lowest BCUT2D eigenvalue weighted by Crippen LogP contribution is -2.33. The molecule has 1 unspecified atom stereocenters. The topological polar surface area (TPSA) is 87.1 Å². The highest BCUT2D eigenvalue weighted by molar-refractivity contribution is 9.10. The number of aliphatic hydroxyl groups is 2. The first kappa shape index (κ1) is 21.2. The second kappa shape index (κ2) is 9.30. The van der Waals surface area contributed by atoms with Crippen molar-refractivity contribution in [1.29, 1.82) is 0 Å². The van der Waals surface area contributed by atoms with Crippen LogP contribution in [0.4, 0.5) is 4.39 Å². The summed E-state index contributed by atoms with van der Waals surface area (Å²) in [7, 11) is 0. The predicted molar refractivity (Wildman–Crippen MR) is 107 cm³/mol. The van der Waals surface area contributed by atoms with Crippen LogP contribution in [0.25, 0.3) is 5.76 Å². The van der Waals surface area contributed by atoms with Gasteiger partial charge in [0, 0.05) is 22.1 Å². The molecule has 1 aliphatic heterocycles. The minimum Gasteiger partial charge on any atom is -0.507 e. The Kier molecular flexibility index (Phi) is 6.79. The summed E-state index contributed by atoms with van der Waals surface area (Å²) in [6.07, 6.45) is 0. The van der Waals surface area contributed by atoms with Crippen molar-refractivity contribution in [2.24, 2.45) is 0 Å². The highest BCUT2D eigenvalue weighted by atomic mass is 79.9. The van der Waals surface area contributed by atoms with Crippen molar-refractivity contribution in [2.45, 2.75) is 6.04 Å². The Labute approximate surface area is 175 Å². The minimum atomic E-state index is -1.09. The van der Waals surface area contributed by atoms with E-state index in [4.69, 9.17) is 9.84 Å². The number of nitrogens with zero attached hydrogens (tertiary/aromatic N) is 1. The average molecular weight is 464 g/mol. The van der Waals surface area contributed by atoms with Crippen LogP contribution in [-0.2, 0) is 14.3 Å². The molecule has 2 N–H and O–H groups in total. The van der Waals surface area contributed by atoms with Crippen molar-refractivity contribution in [3.8, 4) is 0 Å². The SMILES string of the molecule is O=C1C(=O)N(CCOCCO)C(c2ccccc2F)/C1=C(\O)c1ccc(Br)cc1. The van der Waals surface area contributed by atoms with E-state index in [1.54, 1.807) is 30.3 Å². The van der Waals surface area contributed by atoms with Crippen LogP contribution in [0.5, 0.6) is 0 Å². The van der Waals surface area contributed by atoms with E-state index >= 15 is 0 Å². The van der Waals surface area contributed by atoms with Gasteiger partial charge in [0.25, 0.3) is 11.7 Å². The molecule has 8 heteroatoms. The first-order valence-corrected chi connectivity index (χ1v) is 9.72. The van der Waals surface area contributed by atoms with Gasteiger partial charge >= 0.3 is 0 Å². The van der Waals surface area contributed by atoms with E-state index in [-0.39, 0.29) is 43.3 Å². The van der Waals surface area contributed by atoms with Gasteiger partial charge in [-0.05, 0) is 18.2 Å². The molecule has 0 aromatic heterocycles. The zero-order valence-electron chi connectivity index (χ0n) is 15.3. The van der Waals surface area contributed by atoms with Crippen LogP contribution in [0.3, 0.4) is 0 Å². The van der Waals surface area contributed by atoms with E-state index < -0.39 is 23.5 Å². The van der Waals surface area contributed by atoms with E-state index in [2.05, 4.69) is 15.9 Å². The molecule has 3 rings (SSSR count).